The summed E-state index contributed by atoms with van der Waals surface area (Å²) in [5.41, 5.74) is 2.54. The first kappa shape index (κ1) is 18.9. The van der Waals surface area contributed by atoms with Gasteiger partial charge in [-0.1, -0.05) is 12.1 Å². The number of aryl methyl sites for hydroxylation is 1. The number of hydrogen-bond acceptors (Lipinski definition) is 8. The first-order valence-electron chi connectivity index (χ1n) is 10.1. The van der Waals surface area contributed by atoms with Crippen molar-refractivity contribution < 1.29 is 0 Å². The zero-order valence-electron chi connectivity index (χ0n) is 17.4. The van der Waals surface area contributed by atoms with Gasteiger partial charge in [0.1, 0.15) is 5.82 Å². The fraction of sp³-hybridized carbons (Fsp3) is 0.238. The molecule has 0 saturated heterocycles. The van der Waals surface area contributed by atoms with Crippen LogP contribution in [0.25, 0.3) is 11.3 Å². The lowest BCUT2D eigenvalue weighted by molar-refractivity contribution is 0.753. The number of anilines is 2. The van der Waals surface area contributed by atoms with Crippen LogP contribution in [0.1, 0.15) is 43.1 Å². The number of aromatic nitrogens is 8. The standard InChI is InChI=1S/C21H22N10/c1-13-12-22-21(24-15(3)20-29-27-17-9-5-7-11-31(17)20)25-18(13)23-14(2)19-28-26-16-8-4-6-10-30(16)19/h4-12,14-15H,1-3H3,(H2,22,23,24,25). The molecule has 0 amide bonds. The molecule has 2 unspecified atom stereocenters. The topological polar surface area (TPSA) is 110 Å². The highest BCUT2D eigenvalue weighted by Gasteiger charge is 2.17. The fourth-order valence-corrected chi connectivity index (χ4v) is 3.50. The zero-order valence-corrected chi connectivity index (χ0v) is 17.4. The average molecular weight is 414 g/mol. The van der Waals surface area contributed by atoms with E-state index in [1.807, 2.05) is 78.4 Å². The van der Waals surface area contributed by atoms with Gasteiger partial charge in [0.25, 0.3) is 0 Å². The van der Waals surface area contributed by atoms with Crippen LogP contribution in [0.5, 0.6) is 0 Å². The van der Waals surface area contributed by atoms with Gasteiger partial charge in [0.15, 0.2) is 22.9 Å². The van der Waals surface area contributed by atoms with E-state index in [2.05, 4.69) is 41.0 Å². The Balaban J connectivity index is 1.37. The first-order valence-corrected chi connectivity index (χ1v) is 10.1. The summed E-state index contributed by atoms with van der Waals surface area (Å²) in [6.07, 6.45) is 5.69. The normalized spacial score (nSPS) is 13.4. The molecule has 156 valence electrons. The van der Waals surface area contributed by atoms with Crippen LogP contribution >= 0.6 is 0 Å². The summed E-state index contributed by atoms with van der Waals surface area (Å²) in [6.45, 7) is 6.00. The molecule has 5 rings (SSSR count). The largest absolute Gasteiger partial charge is 0.360 e. The molecule has 0 aliphatic carbocycles. The van der Waals surface area contributed by atoms with Gasteiger partial charge in [-0.3, -0.25) is 8.80 Å². The lowest BCUT2D eigenvalue weighted by atomic mass is 10.2. The molecule has 10 nitrogen and oxygen atoms in total. The van der Waals surface area contributed by atoms with Crippen molar-refractivity contribution in [2.75, 3.05) is 10.6 Å². The van der Waals surface area contributed by atoms with E-state index in [0.717, 1.165) is 34.3 Å². The van der Waals surface area contributed by atoms with Gasteiger partial charge in [-0.2, -0.15) is 4.98 Å². The van der Waals surface area contributed by atoms with Crippen LogP contribution in [-0.4, -0.2) is 39.2 Å². The molecule has 10 heteroatoms. The van der Waals surface area contributed by atoms with Gasteiger partial charge in [-0.15, -0.1) is 20.4 Å². The van der Waals surface area contributed by atoms with E-state index in [1.54, 1.807) is 6.20 Å². The summed E-state index contributed by atoms with van der Waals surface area (Å²) >= 11 is 0. The van der Waals surface area contributed by atoms with Crippen LogP contribution in [0.3, 0.4) is 0 Å². The summed E-state index contributed by atoms with van der Waals surface area (Å²) in [4.78, 5) is 9.12. The number of nitrogens with zero attached hydrogens (tertiary/aromatic N) is 8. The quantitative estimate of drug-likeness (QED) is 0.436. The molecule has 0 fully saturated rings. The van der Waals surface area contributed by atoms with Crippen LogP contribution in [0.15, 0.2) is 55.0 Å². The lowest BCUT2D eigenvalue weighted by Gasteiger charge is -2.17. The minimum Gasteiger partial charge on any atom is -0.360 e. The summed E-state index contributed by atoms with van der Waals surface area (Å²) in [5.74, 6) is 2.84. The van der Waals surface area contributed by atoms with E-state index in [0.29, 0.717) is 5.95 Å². The van der Waals surface area contributed by atoms with Gasteiger partial charge < -0.3 is 10.6 Å². The highest BCUT2D eigenvalue weighted by Crippen LogP contribution is 2.22. The van der Waals surface area contributed by atoms with Crippen LogP contribution < -0.4 is 10.6 Å². The van der Waals surface area contributed by atoms with Gasteiger partial charge in [0.2, 0.25) is 5.95 Å². The smallest absolute Gasteiger partial charge is 0.225 e. The maximum Gasteiger partial charge on any atom is 0.225 e. The van der Waals surface area contributed by atoms with Crippen molar-refractivity contribution in [1.29, 1.82) is 0 Å². The van der Waals surface area contributed by atoms with Crippen LogP contribution in [0, 0.1) is 6.92 Å². The van der Waals surface area contributed by atoms with Crippen LogP contribution in [0.4, 0.5) is 11.8 Å². The Bertz CT molecular complexity index is 1350. The van der Waals surface area contributed by atoms with Crippen molar-refractivity contribution in [2.24, 2.45) is 0 Å². The molecule has 2 N–H and O–H groups in total. The van der Waals surface area contributed by atoms with Gasteiger partial charge in [0, 0.05) is 24.2 Å². The Kier molecular flexibility index (Phi) is 4.66. The summed E-state index contributed by atoms with van der Waals surface area (Å²) < 4.78 is 3.91. The molecule has 0 aliphatic rings. The highest BCUT2D eigenvalue weighted by molar-refractivity contribution is 5.49. The molecule has 0 radical (unpaired) electrons. The number of hydrogen-bond donors (Lipinski definition) is 2. The van der Waals surface area contributed by atoms with E-state index >= 15 is 0 Å². The van der Waals surface area contributed by atoms with E-state index in [4.69, 9.17) is 0 Å². The van der Waals surface area contributed by atoms with E-state index in [-0.39, 0.29) is 12.1 Å². The van der Waals surface area contributed by atoms with E-state index < -0.39 is 0 Å². The zero-order chi connectivity index (χ0) is 21.4. The Morgan fingerprint density at radius 2 is 1.35 bits per heavy atom. The van der Waals surface area contributed by atoms with Gasteiger partial charge >= 0.3 is 0 Å². The lowest BCUT2D eigenvalue weighted by Crippen LogP contribution is -2.16. The second-order valence-corrected chi connectivity index (χ2v) is 7.43. The minimum atomic E-state index is -0.134. The number of rotatable bonds is 6. The second kappa shape index (κ2) is 7.63. The third-order valence-electron chi connectivity index (χ3n) is 5.13. The summed E-state index contributed by atoms with van der Waals surface area (Å²) in [7, 11) is 0. The molecule has 2 atom stereocenters. The summed E-state index contributed by atoms with van der Waals surface area (Å²) in [5, 5.41) is 23.8. The SMILES string of the molecule is Cc1cnc(NC(C)c2nnc3ccccn23)nc1NC(C)c1nnc2ccccn12. The third-order valence-corrected chi connectivity index (χ3v) is 5.13. The predicted octanol–water partition coefficient (Wildman–Crippen LogP) is 3.22. The molecule has 5 aromatic rings. The molecule has 0 saturated carbocycles. The van der Waals surface area contributed by atoms with Crippen molar-refractivity contribution >= 4 is 23.1 Å². The first-order chi connectivity index (χ1) is 15.1. The van der Waals surface area contributed by atoms with Gasteiger partial charge in [0.05, 0.1) is 12.1 Å². The Morgan fingerprint density at radius 3 is 1.97 bits per heavy atom. The maximum atomic E-state index is 4.68. The Labute approximate surface area is 178 Å². The molecule has 0 spiro atoms. The molecule has 0 aliphatic heterocycles. The molecule has 5 aromatic heterocycles. The monoisotopic (exact) mass is 414 g/mol. The van der Waals surface area contributed by atoms with E-state index in [9.17, 15) is 0 Å². The van der Waals surface area contributed by atoms with Crippen molar-refractivity contribution in [3.63, 3.8) is 0 Å². The highest BCUT2D eigenvalue weighted by atomic mass is 15.3. The van der Waals surface area contributed by atoms with Gasteiger partial charge in [-0.05, 0) is 45.0 Å². The maximum absolute atomic E-state index is 4.68. The van der Waals surface area contributed by atoms with Crippen LogP contribution in [0.2, 0.25) is 0 Å². The van der Waals surface area contributed by atoms with Crippen molar-refractivity contribution in [3.05, 3.63) is 72.2 Å². The predicted molar refractivity (Wildman–Crippen MR) is 117 cm³/mol. The summed E-state index contributed by atoms with van der Waals surface area (Å²) in [6, 6.07) is 11.4. The molecule has 0 bridgehead atoms. The molecular formula is C21H22N10. The van der Waals surface area contributed by atoms with Crippen molar-refractivity contribution in [1.82, 2.24) is 39.2 Å². The molecule has 5 heterocycles. The fourth-order valence-electron chi connectivity index (χ4n) is 3.50. The third kappa shape index (κ3) is 3.52. The minimum absolute atomic E-state index is 0.100. The number of nitrogens with one attached hydrogen (secondary N) is 2. The molecular weight excluding hydrogens is 392 g/mol. The molecule has 0 aromatic carbocycles. The van der Waals surface area contributed by atoms with Crippen molar-refractivity contribution in [3.8, 4) is 0 Å². The Morgan fingerprint density at radius 1 is 0.774 bits per heavy atom. The number of pyridine rings is 2. The second-order valence-electron chi connectivity index (χ2n) is 7.43. The average Bonchev–Trinajstić information content (AvgIpc) is 3.40. The van der Waals surface area contributed by atoms with Crippen molar-refractivity contribution in [2.45, 2.75) is 32.9 Å². The Hall–Kier alpha value is -4.08. The van der Waals surface area contributed by atoms with E-state index in [1.165, 1.54) is 0 Å². The number of fused-ring (bicyclic) bond motifs is 2. The van der Waals surface area contributed by atoms with Gasteiger partial charge in [-0.25, -0.2) is 4.98 Å². The molecule has 31 heavy (non-hydrogen) atoms. The van der Waals surface area contributed by atoms with Crippen LogP contribution in [-0.2, 0) is 0 Å².